The molecule has 15 heavy (non-hydrogen) atoms. The van der Waals surface area contributed by atoms with Gasteiger partial charge in [0.1, 0.15) is 5.56 Å². The van der Waals surface area contributed by atoms with E-state index in [0.717, 1.165) is 24.8 Å². The predicted molar refractivity (Wildman–Crippen MR) is 57.4 cm³/mol. The number of H-pyrrole nitrogens is 1. The third kappa shape index (κ3) is 3.39. The lowest BCUT2D eigenvalue weighted by Crippen LogP contribution is -2.18. The lowest BCUT2D eigenvalue weighted by molar-refractivity contribution is 0.0694. The van der Waals surface area contributed by atoms with E-state index in [-0.39, 0.29) is 5.56 Å². The average Bonchev–Trinajstić information content (AvgIpc) is 2.17. The van der Waals surface area contributed by atoms with Crippen LogP contribution in [-0.2, 0) is 0 Å². The van der Waals surface area contributed by atoms with Gasteiger partial charge in [0.25, 0.3) is 5.56 Å². The highest BCUT2D eigenvalue weighted by atomic mass is 32.2. The van der Waals surface area contributed by atoms with E-state index < -0.39 is 11.5 Å². The smallest absolute Gasteiger partial charge is 0.342 e. The molecule has 5 nitrogen and oxygen atoms in total. The first-order chi connectivity index (χ1) is 7.15. The molecule has 0 saturated heterocycles. The average molecular weight is 228 g/mol. The first-order valence-corrected chi connectivity index (χ1v) is 5.59. The molecule has 1 aromatic heterocycles. The van der Waals surface area contributed by atoms with Gasteiger partial charge in [-0.25, -0.2) is 9.78 Å². The van der Waals surface area contributed by atoms with Crippen molar-refractivity contribution >= 4 is 17.7 Å². The topological polar surface area (TPSA) is 83.0 Å². The number of carboxylic acids is 1. The number of aromatic nitrogens is 2. The van der Waals surface area contributed by atoms with Crippen molar-refractivity contribution in [1.29, 1.82) is 0 Å². The van der Waals surface area contributed by atoms with Crippen LogP contribution in [0.5, 0.6) is 0 Å². The van der Waals surface area contributed by atoms with Gasteiger partial charge in [-0.1, -0.05) is 25.1 Å². The molecule has 0 spiro atoms. The number of rotatable bonds is 5. The largest absolute Gasteiger partial charge is 0.477 e. The Morgan fingerprint density at radius 1 is 1.67 bits per heavy atom. The summed E-state index contributed by atoms with van der Waals surface area (Å²) in [5, 5.41) is 9.07. The van der Waals surface area contributed by atoms with Gasteiger partial charge in [0.2, 0.25) is 0 Å². The Morgan fingerprint density at radius 3 is 2.93 bits per heavy atom. The molecule has 0 aromatic carbocycles. The molecule has 0 aliphatic carbocycles. The van der Waals surface area contributed by atoms with Crippen molar-refractivity contribution in [1.82, 2.24) is 9.97 Å². The van der Waals surface area contributed by atoms with Crippen LogP contribution in [0.2, 0.25) is 0 Å². The molecule has 1 rings (SSSR count). The van der Waals surface area contributed by atoms with Crippen molar-refractivity contribution in [3.63, 3.8) is 0 Å². The van der Waals surface area contributed by atoms with E-state index in [0.29, 0.717) is 5.16 Å². The summed E-state index contributed by atoms with van der Waals surface area (Å²) < 4.78 is 0. The maximum absolute atomic E-state index is 11.2. The number of carbonyl (C=O) groups is 1. The molecule has 0 aliphatic heterocycles. The minimum absolute atomic E-state index is 0.324. The first-order valence-electron chi connectivity index (χ1n) is 4.60. The van der Waals surface area contributed by atoms with Gasteiger partial charge < -0.3 is 10.1 Å². The molecule has 1 aromatic rings. The summed E-state index contributed by atoms with van der Waals surface area (Å²) >= 11 is 1.42. The summed E-state index contributed by atoms with van der Waals surface area (Å²) in [4.78, 5) is 28.0. The minimum atomic E-state index is -1.26. The fourth-order valence-corrected chi connectivity index (χ4v) is 1.84. The van der Waals surface area contributed by atoms with Crippen LogP contribution in [0.3, 0.4) is 0 Å². The van der Waals surface area contributed by atoms with E-state index >= 15 is 0 Å². The molecule has 0 atom stereocenters. The molecule has 82 valence electrons. The molecule has 0 bridgehead atoms. The number of hydrogen-bond acceptors (Lipinski definition) is 4. The Balaban J connectivity index is 2.74. The van der Waals surface area contributed by atoms with Crippen molar-refractivity contribution < 1.29 is 9.90 Å². The molecule has 6 heteroatoms. The van der Waals surface area contributed by atoms with E-state index in [1.165, 1.54) is 11.8 Å². The summed E-state index contributed by atoms with van der Waals surface area (Å²) in [6, 6.07) is 0. The number of unbranched alkanes of at least 4 members (excludes halogenated alkanes) is 1. The van der Waals surface area contributed by atoms with Crippen LogP contribution >= 0.6 is 11.8 Å². The number of hydrogen-bond donors (Lipinski definition) is 2. The van der Waals surface area contributed by atoms with Crippen LogP contribution < -0.4 is 5.56 Å². The minimum Gasteiger partial charge on any atom is -0.477 e. The van der Waals surface area contributed by atoms with Gasteiger partial charge >= 0.3 is 5.97 Å². The second-order valence-corrected chi connectivity index (χ2v) is 4.02. The van der Waals surface area contributed by atoms with Crippen LogP contribution in [0.25, 0.3) is 0 Å². The monoisotopic (exact) mass is 228 g/mol. The zero-order valence-corrected chi connectivity index (χ0v) is 9.13. The third-order valence-electron chi connectivity index (χ3n) is 1.74. The molecule has 0 fully saturated rings. The number of aromatic amines is 1. The number of carboxylic acid groups (broad SMARTS) is 1. The lowest BCUT2D eigenvalue weighted by atomic mass is 10.3. The molecular formula is C9H12N2O3S. The van der Waals surface area contributed by atoms with Gasteiger partial charge in [-0.2, -0.15) is 0 Å². The fourth-order valence-electron chi connectivity index (χ4n) is 0.917. The Labute approximate surface area is 90.9 Å². The Bertz CT molecular complexity index is 403. The van der Waals surface area contributed by atoms with Crippen molar-refractivity contribution in [2.24, 2.45) is 0 Å². The van der Waals surface area contributed by atoms with Crippen LogP contribution in [0, 0.1) is 0 Å². The van der Waals surface area contributed by atoms with Gasteiger partial charge in [0.05, 0.1) is 0 Å². The zero-order chi connectivity index (χ0) is 11.3. The summed E-state index contributed by atoms with van der Waals surface area (Å²) in [6.07, 6.45) is 3.20. The van der Waals surface area contributed by atoms with Crippen LogP contribution in [-0.4, -0.2) is 26.8 Å². The first kappa shape index (κ1) is 11.8. The van der Waals surface area contributed by atoms with Gasteiger partial charge in [0, 0.05) is 11.9 Å². The molecule has 0 saturated carbocycles. The molecule has 1 heterocycles. The molecule has 2 N–H and O–H groups in total. The number of thioether (sulfide) groups is 1. The molecular weight excluding hydrogens is 216 g/mol. The highest BCUT2D eigenvalue weighted by Crippen LogP contribution is 2.12. The van der Waals surface area contributed by atoms with E-state index in [4.69, 9.17) is 5.11 Å². The van der Waals surface area contributed by atoms with Gasteiger partial charge in [-0.15, -0.1) is 0 Å². The van der Waals surface area contributed by atoms with E-state index in [9.17, 15) is 9.59 Å². The Morgan fingerprint density at radius 2 is 2.40 bits per heavy atom. The van der Waals surface area contributed by atoms with Gasteiger partial charge in [-0.05, 0) is 6.42 Å². The Hall–Kier alpha value is -1.30. The highest BCUT2D eigenvalue weighted by molar-refractivity contribution is 7.99. The summed E-state index contributed by atoms with van der Waals surface area (Å²) in [5.41, 5.74) is -0.925. The highest BCUT2D eigenvalue weighted by Gasteiger charge is 2.09. The number of aromatic carboxylic acids is 1. The lowest BCUT2D eigenvalue weighted by Gasteiger charge is -1.99. The molecule has 0 unspecified atom stereocenters. The molecule has 0 aliphatic rings. The summed E-state index contributed by atoms with van der Waals surface area (Å²) in [6.45, 7) is 2.07. The van der Waals surface area contributed by atoms with Gasteiger partial charge in [-0.3, -0.25) is 4.79 Å². The second-order valence-electron chi connectivity index (χ2n) is 2.94. The second kappa shape index (κ2) is 5.55. The van der Waals surface area contributed by atoms with Crippen molar-refractivity contribution in [2.45, 2.75) is 24.9 Å². The fraction of sp³-hybridized carbons (Fsp3) is 0.444. The molecule has 0 amide bonds. The number of nitrogens with zero attached hydrogens (tertiary/aromatic N) is 1. The van der Waals surface area contributed by atoms with Crippen molar-refractivity contribution in [3.8, 4) is 0 Å². The quantitative estimate of drug-likeness (QED) is 0.451. The standard InChI is InChI=1S/C9H12N2O3S/c1-2-3-4-15-9-10-5-6(8(13)14)7(12)11-9/h5H,2-4H2,1H3,(H,13,14)(H,10,11,12). The SMILES string of the molecule is CCCCSc1ncc(C(=O)O)c(=O)[nH]1. The van der Waals surface area contributed by atoms with Gasteiger partial charge in [0.15, 0.2) is 5.16 Å². The summed E-state index contributed by atoms with van der Waals surface area (Å²) in [5.74, 6) is -0.389. The zero-order valence-electron chi connectivity index (χ0n) is 8.32. The van der Waals surface area contributed by atoms with Crippen LogP contribution in [0.15, 0.2) is 16.1 Å². The predicted octanol–water partition coefficient (Wildman–Crippen LogP) is 1.36. The van der Waals surface area contributed by atoms with Crippen LogP contribution in [0.1, 0.15) is 30.1 Å². The van der Waals surface area contributed by atoms with Crippen LogP contribution in [0.4, 0.5) is 0 Å². The van der Waals surface area contributed by atoms with E-state index in [1.54, 1.807) is 0 Å². The Kier molecular flexibility index (Phi) is 4.36. The van der Waals surface area contributed by atoms with E-state index in [1.807, 2.05) is 0 Å². The van der Waals surface area contributed by atoms with E-state index in [2.05, 4.69) is 16.9 Å². The number of nitrogens with one attached hydrogen (secondary N) is 1. The van der Waals surface area contributed by atoms with Crippen molar-refractivity contribution in [2.75, 3.05) is 5.75 Å². The molecule has 0 radical (unpaired) electrons. The van der Waals surface area contributed by atoms with Crippen molar-refractivity contribution in [3.05, 3.63) is 22.1 Å². The maximum Gasteiger partial charge on any atom is 0.342 e. The summed E-state index contributed by atoms with van der Waals surface area (Å²) in [7, 11) is 0. The maximum atomic E-state index is 11.2. The third-order valence-corrected chi connectivity index (χ3v) is 2.72. The normalized spacial score (nSPS) is 10.2.